The van der Waals surface area contributed by atoms with E-state index in [9.17, 15) is 39.6 Å². The Morgan fingerprint density at radius 1 is 1.04 bits per heavy atom. The number of aliphatic carboxylic acids is 1. The first kappa shape index (κ1) is 19.2. The molecule has 1 atom stereocenters. The van der Waals surface area contributed by atoms with E-state index in [1.165, 1.54) is 4.72 Å². The molecule has 1 aromatic carbocycles. The van der Waals surface area contributed by atoms with Crippen LogP contribution in [0.15, 0.2) is 23.1 Å². The van der Waals surface area contributed by atoms with Crippen molar-refractivity contribution >= 4 is 16.0 Å². The van der Waals surface area contributed by atoms with Crippen molar-refractivity contribution in [3.05, 3.63) is 29.3 Å². The van der Waals surface area contributed by atoms with Gasteiger partial charge in [0.1, 0.15) is 6.04 Å². The zero-order chi connectivity index (χ0) is 18.2. The molecule has 2 N–H and O–H groups in total. The molecule has 0 aliphatic heterocycles. The molecule has 23 heavy (non-hydrogen) atoms. The highest BCUT2D eigenvalue weighted by Gasteiger charge is 2.38. The number of carboxylic acids is 1. The molecule has 0 heterocycles. The van der Waals surface area contributed by atoms with Crippen molar-refractivity contribution in [2.24, 2.45) is 0 Å². The Balaban J connectivity index is 3.49. The summed E-state index contributed by atoms with van der Waals surface area (Å²) in [5, 5.41) is 8.57. The molecule has 1 unspecified atom stereocenters. The number of carbonyl (C=O) groups is 1. The fraction of sp³-hybridized carbons (Fsp3) is 0.364. The predicted molar refractivity (Wildman–Crippen MR) is 63.9 cm³/mol. The van der Waals surface area contributed by atoms with E-state index < -0.39 is 50.4 Å². The van der Waals surface area contributed by atoms with Crippen LogP contribution in [-0.4, -0.2) is 25.5 Å². The molecule has 12 heteroatoms. The van der Waals surface area contributed by atoms with E-state index >= 15 is 0 Å². The van der Waals surface area contributed by atoms with Crippen LogP contribution in [-0.2, 0) is 27.2 Å². The Labute approximate surface area is 126 Å². The lowest BCUT2D eigenvalue weighted by atomic mass is 10.1. The van der Waals surface area contributed by atoms with Crippen molar-refractivity contribution < 1.29 is 44.7 Å². The Kier molecular flexibility index (Phi) is 5.01. The molecule has 0 aliphatic rings. The van der Waals surface area contributed by atoms with E-state index in [1.807, 2.05) is 0 Å². The van der Waals surface area contributed by atoms with Crippen molar-refractivity contribution in [1.29, 1.82) is 0 Å². The first-order chi connectivity index (χ1) is 10.1. The molecule has 0 amide bonds. The third-order valence-electron chi connectivity index (χ3n) is 2.57. The number of benzene rings is 1. The van der Waals surface area contributed by atoms with Gasteiger partial charge in [-0.3, -0.25) is 4.79 Å². The predicted octanol–water partition coefficient (Wildman–Crippen LogP) is 2.48. The van der Waals surface area contributed by atoms with Crippen molar-refractivity contribution in [1.82, 2.24) is 4.72 Å². The van der Waals surface area contributed by atoms with Gasteiger partial charge in [0.25, 0.3) is 0 Å². The van der Waals surface area contributed by atoms with Crippen LogP contribution in [0.1, 0.15) is 18.1 Å². The SMILES string of the molecule is CC(NS(=O)(=O)c1cc(C(F)(F)F)cc(C(F)(F)F)c1)C(=O)O. The van der Waals surface area contributed by atoms with Gasteiger partial charge in [-0.15, -0.1) is 0 Å². The highest BCUT2D eigenvalue weighted by molar-refractivity contribution is 7.89. The zero-order valence-corrected chi connectivity index (χ0v) is 12.0. The van der Waals surface area contributed by atoms with Gasteiger partial charge in [0.2, 0.25) is 10.0 Å². The minimum Gasteiger partial charge on any atom is -0.480 e. The van der Waals surface area contributed by atoms with Crippen LogP contribution < -0.4 is 4.72 Å². The summed E-state index contributed by atoms with van der Waals surface area (Å²) in [5.41, 5.74) is -3.65. The summed E-state index contributed by atoms with van der Waals surface area (Å²) in [7, 11) is -4.90. The van der Waals surface area contributed by atoms with Gasteiger partial charge in [0, 0.05) is 0 Å². The maximum absolute atomic E-state index is 12.6. The van der Waals surface area contributed by atoms with Crippen LogP contribution in [0, 0.1) is 0 Å². The van der Waals surface area contributed by atoms with Crippen LogP contribution >= 0.6 is 0 Å². The number of carboxylic acid groups (broad SMARTS) is 1. The molecule has 0 aliphatic carbocycles. The number of rotatable bonds is 4. The van der Waals surface area contributed by atoms with Crippen LogP contribution in [0.4, 0.5) is 26.3 Å². The topological polar surface area (TPSA) is 83.5 Å². The lowest BCUT2D eigenvalue weighted by molar-refractivity contribution is -0.143. The van der Waals surface area contributed by atoms with E-state index in [0.717, 1.165) is 6.92 Å². The summed E-state index contributed by atoms with van der Waals surface area (Å²) in [4.78, 5) is 9.23. The average molecular weight is 365 g/mol. The van der Waals surface area contributed by atoms with Crippen molar-refractivity contribution in [2.75, 3.05) is 0 Å². The van der Waals surface area contributed by atoms with Crippen molar-refractivity contribution in [3.8, 4) is 0 Å². The molecule has 1 rings (SSSR count). The molecule has 0 bridgehead atoms. The highest BCUT2D eigenvalue weighted by Crippen LogP contribution is 2.37. The molecule has 0 spiro atoms. The van der Waals surface area contributed by atoms with Crippen LogP contribution in [0.2, 0.25) is 0 Å². The summed E-state index contributed by atoms with van der Waals surface area (Å²) in [6, 6.07) is -2.00. The summed E-state index contributed by atoms with van der Waals surface area (Å²) in [5.74, 6) is -1.66. The van der Waals surface area contributed by atoms with E-state index in [1.54, 1.807) is 0 Å². The van der Waals surface area contributed by atoms with Gasteiger partial charge < -0.3 is 5.11 Å². The van der Waals surface area contributed by atoms with Gasteiger partial charge in [0.15, 0.2) is 0 Å². The zero-order valence-electron chi connectivity index (χ0n) is 11.2. The number of alkyl halides is 6. The largest absolute Gasteiger partial charge is 0.480 e. The van der Waals surface area contributed by atoms with Gasteiger partial charge in [-0.05, 0) is 25.1 Å². The van der Waals surface area contributed by atoms with E-state index in [4.69, 9.17) is 5.11 Å². The third-order valence-corrected chi connectivity index (χ3v) is 4.09. The monoisotopic (exact) mass is 365 g/mol. The average Bonchev–Trinajstić information content (AvgIpc) is 2.35. The molecule has 0 aromatic heterocycles. The van der Waals surface area contributed by atoms with E-state index in [2.05, 4.69) is 0 Å². The minimum atomic E-state index is -5.22. The van der Waals surface area contributed by atoms with Gasteiger partial charge in [-0.2, -0.15) is 31.1 Å². The second-order valence-electron chi connectivity index (χ2n) is 4.42. The third kappa shape index (κ3) is 4.82. The normalized spacial score (nSPS) is 14.6. The fourth-order valence-corrected chi connectivity index (χ4v) is 2.70. The first-order valence-electron chi connectivity index (χ1n) is 5.69. The fourth-order valence-electron chi connectivity index (χ4n) is 1.43. The number of sulfonamides is 1. The molecule has 5 nitrogen and oxygen atoms in total. The lowest BCUT2D eigenvalue weighted by Gasteiger charge is -2.15. The van der Waals surface area contributed by atoms with Crippen LogP contribution in [0.25, 0.3) is 0 Å². The second-order valence-corrected chi connectivity index (χ2v) is 6.14. The van der Waals surface area contributed by atoms with E-state index in [0.29, 0.717) is 0 Å². The molecule has 0 saturated carbocycles. The minimum absolute atomic E-state index is 0.00779. The van der Waals surface area contributed by atoms with Gasteiger partial charge in [-0.25, -0.2) is 8.42 Å². The highest BCUT2D eigenvalue weighted by atomic mass is 32.2. The first-order valence-corrected chi connectivity index (χ1v) is 7.17. The molecular weight excluding hydrogens is 356 g/mol. The molecule has 0 saturated heterocycles. The smallest absolute Gasteiger partial charge is 0.416 e. The van der Waals surface area contributed by atoms with Crippen molar-refractivity contribution in [3.63, 3.8) is 0 Å². The molecule has 130 valence electrons. The van der Waals surface area contributed by atoms with Gasteiger partial charge >= 0.3 is 18.3 Å². The summed E-state index contributed by atoms with van der Waals surface area (Å²) >= 11 is 0. The van der Waals surface area contributed by atoms with Gasteiger partial charge in [-0.1, -0.05) is 0 Å². The maximum atomic E-state index is 12.6. The summed E-state index contributed by atoms with van der Waals surface area (Å²) in [6.45, 7) is 0.859. The summed E-state index contributed by atoms with van der Waals surface area (Å²) < 4.78 is 101. The van der Waals surface area contributed by atoms with E-state index in [-0.39, 0.29) is 18.2 Å². The number of hydrogen-bond acceptors (Lipinski definition) is 3. The Morgan fingerprint density at radius 2 is 1.43 bits per heavy atom. The van der Waals surface area contributed by atoms with Gasteiger partial charge in [0.05, 0.1) is 16.0 Å². The Morgan fingerprint density at radius 3 is 1.74 bits per heavy atom. The number of hydrogen-bond donors (Lipinski definition) is 2. The Bertz CT molecular complexity index is 678. The summed E-state index contributed by atoms with van der Waals surface area (Å²) in [6.07, 6.45) is -10.4. The molecule has 0 radical (unpaired) electrons. The molecular formula is C11H9F6NO4S. The number of halogens is 6. The molecule has 0 fully saturated rings. The standard InChI is InChI=1S/C11H9F6NO4S/c1-5(9(19)20)18-23(21,22)8-3-6(10(12,13)14)2-7(4-8)11(15,16)17/h2-5,18H,1H3,(H,19,20). The Hall–Kier alpha value is -1.82. The molecule has 1 aromatic rings. The maximum Gasteiger partial charge on any atom is 0.416 e. The second kappa shape index (κ2) is 6.00. The van der Waals surface area contributed by atoms with Crippen molar-refractivity contribution in [2.45, 2.75) is 30.2 Å². The lowest BCUT2D eigenvalue weighted by Crippen LogP contribution is -2.38. The number of nitrogens with one attached hydrogen (secondary N) is 1. The quantitative estimate of drug-likeness (QED) is 0.803. The van der Waals surface area contributed by atoms with Crippen LogP contribution in [0.3, 0.4) is 0 Å². The van der Waals surface area contributed by atoms with Crippen LogP contribution in [0.5, 0.6) is 0 Å².